The van der Waals surface area contributed by atoms with Crippen LogP contribution >= 0.6 is 0 Å². The average Bonchev–Trinajstić information content (AvgIpc) is 2.95. The standard InChI is InChI=1S/C18H19NO2/c1-12-9-16(7-8-17(12)19)18(20)21-11-13-5-6-14-3-2-4-15(14)10-13/h5-10H,2-4,11,19H2,1H3. The average molecular weight is 281 g/mol. The Kier molecular flexibility index (Phi) is 3.65. The van der Waals surface area contributed by atoms with Crippen LogP contribution in [0.25, 0.3) is 0 Å². The zero-order valence-electron chi connectivity index (χ0n) is 12.2. The summed E-state index contributed by atoms with van der Waals surface area (Å²) < 4.78 is 5.39. The first-order chi connectivity index (χ1) is 10.1. The van der Waals surface area contributed by atoms with Gasteiger partial charge in [0.05, 0.1) is 5.56 Å². The Hall–Kier alpha value is -2.29. The van der Waals surface area contributed by atoms with Crippen molar-refractivity contribution in [3.63, 3.8) is 0 Å². The van der Waals surface area contributed by atoms with Crippen molar-refractivity contribution in [2.24, 2.45) is 0 Å². The number of carbonyl (C=O) groups is 1. The van der Waals surface area contributed by atoms with Gasteiger partial charge in [0.1, 0.15) is 6.61 Å². The summed E-state index contributed by atoms with van der Waals surface area (Å²) in [6, 6.07) is 11.6. The van der Waals surface area contributed by atoms with Crippen LogP contribution in [0.4, 0.5) is 5.69 Å². The Labute approximate surface area is 124 Å². The van der Waals surface area contributed by atoms with Gasteiger partial charge in [-0.2, -0.15) is 0 Å². The highest BCUT2D eigenvalue weighted by Gasteiger charge is 2.12. The summed E-state index contributed by atoms with van der Waals surface area (Å²) in [5, 5.41) is 0. The fraction of sp³-hybridized carbons (Fsp3) is 0.278. The second-order valence-corrected chi connectivity index (χ2v) is 5.60. The molecule has 3 heteroatoms. The molecule has 0 fully saturated rings. The van der Waals surface area contributed by atoms with E-state index in [1.54, 1.807) is 18.2 Å². The SMILES string of the molecule is Cc1cc(C(=O)OCc2ccc3c(c2)CCC3)ccc1N. The van der Waals surface area contributed by atoms with E-state index in [-0.39, 0.29) is 5.97 Å². The minimum atomic E-state index is -0.307. The van der Waals surface area contributed by atoms with E-state index in [4.69, 9.17) is 10.5 Å². The van der Waals surface area contributed by atoms with Gasteiger partial charge >= 0.3 is 5.97 Å². The van der Waals surface area contributed by atoms with E-state index in [2.05, 4.69) is 12.1 Å². The maximum absolute atomic E-state index is 12.1. The molecule has 2 aromatic rings. The number of ether oxygens (including phenoxy) is 1. The molecule has 0 amide bonds. The Morgan fingerprint density at radius 3 is 2.76 bits per heavy atom. The lowest BCUT2D eigenvalue weighted by Gasteiger charge is -2.08. The molecule has 1 aliphatic carbocycles. The second-order valence-electron chi connectivity index (χ2n) is 5.60. The van der Waals surface area contributed by atoms with E-state index in [1.807, 2.05) is 13.0 Å². The molecule has 0 radical (unpaired) electrons. The summed E-state index contributed by atoms with van der Waals surface area (Å²) in [6.07, 6.45) is 3.53. The molecule has 0 bridgehead atoms. The molecule has 2 aromatic carbocycles. The predicted molar refractivity (Wildman–Crippen MR) is 83.2 cm³/mol. The van der Waals surface area contributed by atoms with E-state index in [1.165, 1.54) is 24.0 Å². The van der Waals surface area contributed by atoms with Crippen LogP contribution in [0.15, 0.2) is 36.4 Å². The van der Waals surface area contributed by atoms with E-state index in [9.17, 15) is 4.79 Å². The predicted octanol–water partition coefficient (Wildman–Crippen LogP) is 3.42. The lowest BCUT2D eigenvalue weighted by atomic mass is 10.1. The minimum Gasteiger partial charge on any atom is -0.457 e. The van der Waals surface area contributed by atoms with Crippen LogP contribution in [-0.2, 0) is 24.2 Å². The first-order valence-corrected chi connectivity index (χ1v) is 7.27. The Morgan fingerprint density at radius 2 is 1.95 bits per heavy atom. The second kappa shape index (κ2) is 5.60. The fourth-order valence-corrected chi connectivity index (χ4v) is 2.75. The number of esters is 1. The number of fused-ring (bicyclic) bond motifs is 1. The number of aryl methyl sites for hydroxylation is 3. The zero-order chi connectivity index (χ0) is 14.8. The van der Waals surface area contributed by atoms with Gasteiger partial charge in [-0.1, -0.05) is 18.2 Å². The number of anilines is 1. The molecule has 3 rings (SSSR count). The van der Waals surface area contributed by atoms with Crippen LogP contribution in [0.2, 0.25) is 0 Å². The first kappa shape index (κ1) is 13.7. The van der Waals surface area contributed by atoms with Gasteiger partial charge < -0.3 is 10.5 Å². The summed E-state index contributed by atoms with van der Waals surface area (Å²) in [4.78, 5) is 12.1. The Bertz CT molecular complexity index is 692. The van der Waals surface area contributed by atoms with Gasteiger partial charge in [0.25, 0.3) is 0 Å². The molecule has 108 valence electrons. The van der Waals surface area contributed by atoms with Crippen molar-refractivity contribution in [1.29, 1.82) is 0 Å². The van der Waals surface area contributed by atoms with Crippen molar-refractivity contribution < 1.29 is 9.53 Å². The van der Waals surface area contributed by atoms with Crippen molar-refractivity contribution in [2.45, 2.75) is 32.8 Å². The van der Waals surface area contributed by atoms with E-state index in [0.29, 0.717) is 17.9 Å². The quantitative estimate of drug-likeness (QED) is 0.692. The van der Waals surface area contributed by atoms with Crippen LogP contribution in [0.5, 0.6) is 0 Å². The molecular formula is C18H19NO2. The smallest absolute Gasteiger partial charge is 0.338 e. The van der Waals surface area contributed by atoms with Crippen LogP contribution < -0.4 is 5.73 Å². The highest BCUT2D eigenvalue weighted by molar-refractivity contribution is 5.90. The molecule has 21 heavy (non-hydrogen) atoms. The van der Waals surface area contributed by atoms with Crippen LogP contribution in [0.3, 0.4) is 0 Å². The van der Waals surface area contributed by atoms with E-state index < -0.39 is 0 Å². The number of hydrogen-bond donors (Lipinski definition) is 1. The van der Waals surface area contributed by atoms with Gasteiger partial charge in [0.15, 0.2) is 0 Å². The van der Waals surface area contributed by atoms with Gasteiger partial charge in [-0.05, 0) is 66.6 Å². The number of hydrogen-bond acceptors (Lipinski definition) is 3. The maximum Gasteiger partial charge on any atom is 0.338 e. The van der Waals surface area contributed by atoms with Crippen LogP contribution in [0.1, 0.15) is 39.0 Å². The van der Waals surface area contributed by atoms with Crippen molar-refractivity contribution in [3.8, 4) is 0 Å². The third-order valence-electron chi connectivity index (χ3n) is 4.04. The molecule has 1 aliphatic rings. The third-order valence-corrected chi connectivity index (χ3v) is 4.04. The highest BCUT2D eigenvalue weighted by Crippen LogP contribution is 2.23. The zero-order valence-corrected chi connectivity index (χ0v) is 12.2. The summed E-state index contributed by atoms with van der Waals surface area (Å²) in [6.45, 7) is 2.20. The van der Waals surface area contributed by atoms with Crippen molar-refractivity contribution in [1.82, 2.24) is 0 Å². The van der Waals surface area contributed by atoms with Gasteiger partial charge in [-0.15, -0.1) is 0 Å². The van der Waals surface area contributed by atoms with Gasteiger partial charge in [-0.3, -0.25) is 0 Å². The number of nitrogens with two attached hydrogens (primary N) is 1. The van der Waals surface area contributed by atoms with Crippen molar-refractivity contribution in [2.75, 3.05) is 5.73 Å². The molecular weight excluding hydrogens is 262 g/mol. The Balaban J connectivity index is 1.67. The topological polar surface area (TPSA) is 52.3 Å². The monoisotopic (exact) mass is 281 g/mol. The first-order valence-electron chi connectivity index (χ1n) is 7.27. The molecule has 0 spiro atoms. The van der Waals surface area contributed by atoms with E-state index >= 15 is 0 Å². The van der Waals surface area contributed by atoms with E-state index in [0.717, 1.165) is 17.5 Å². The normalized spacial score (nSPS) is 13.0. The molecule has 0 aliphatic heterocycles. The fourth-order valence-electron chi connectivity index (χ4n) is 2.75. The molecule has 0 heterocycles. The summed E-state index contributed by atoms with van der Waals surface area (Å²) in [7, 11) is 0. The lowest BCUT2D eigenvalue weighted by Crippen LogP contribution is -2.06. The molecule has 0 aromatic heterocycles. The maximum atomic E-state index is 12.1. The molecule has 0 unspecified atom stereocenters. The highest BCUT2D eigenvalue weighted by atomic mass is 16.5. The van der Waals surface area contributed by atoms with Gasteiger partial charge in [-0.25, -0.2) is 4.79 Å². The lowest BCUT2D eigenvalue weighted by molar-refractivity contribution is 0.0472. The minimum absolute atomic E-state index is 0.307. The summed E-state index contributed by atoms with van der Waals surface area (Å²) >= 11 is 0. The largest absolute Gasteiger partial charge is 0.457 e. The van der Waals surface area contributed by atoms with Gasteiger partial charge in [0.2, 0.25) is 0 Å². The van der Waals surface area contributed by atoms with Crippen LogP contribution in [0, 0.1) is 6.92 Å². The van der Waals surface area contributed by atoms with Gasteiger partial charge in [0, 0.05) is 5.69 Å². The molecule has 0 atom stereocenters. The number of carbonyl (C=O) groups excluding carboxylic acids is 1. The molecule has 3 nitrogen and oxygen atoms in total. The molecule has 0 saturated heterocycles. The van der Waals surface area contributed by atoms with Crippen molar-refractivity contribution >= 4 is 11.7 Å². The summed E-state index contributed by atoms with van der Waals surface area (Å²) in [5.41, 5.74) is 11.8. The summed E-state index contributed by atoms with van der Waals surface area (Å²) in [5.74, 6) is -0.307. The number of benzene rings is 2. The van der Waals surface area contributed by atoms with Crippen molar-refractivity contribution in [3.05, 3.63) is 64.2 Å². The number of rotatable bonds is 3. The molecule has 2 N–H and O–H groups in total. The number of nitrogen functional groups attached to an aromatic ring is 1. The third kappa shape index (κ3) is 2.92. The molecule has 0 saturated carbocycles. The Morgan fingerprint density at radius 1 is 1.14 bits per heavy atom. The van der Waals surface area contributed by atoms with Crippen LogP contribution in [-0.4, -0.2) is 5.97 Å².